The Morgan fingerprint density at radius 3 is 2.65 bits per heavy atom. The van der Waals surface area contributed by atoms with Crippen LogP contribution in [0.15, 0.2) is 53.3 Å². The first kappa shape index (κ1) is 13.1. The van der Waals surface area contributed by atoms with Gasteiger partial charge in [-0.1, -0.05) is 0 Å². The van der Waals surface area contributed by atoms with Gasteiger partial charge in [0, 0.05) is 0 Å². The summed E-state index contributed by atoms with van der Waals surface area (Å²) in [7, 11) is 0. The van der Waals surface area contributed by atoms with E-state index in [1.54, 1.807) is 21.8 Å². The Labute approximate surface area is 119 Å². The third-order valence-electron chi connectivity index (χ3n) is 2.77. The Morgan fingerprint density at radius 2 is 1.90 bits per heavy atom. The van der Waals surface area contributed by atoms with Gasteiger partial charge >= 0.3 is 118 Å². The second-order valence-corrected chi connectivity index (χ2v) is 6.13. The van der Waals surface area contributed by atoms with Gasteiger partial charge in [0.15, 0.2) is 0 Å². The normalized spacial score (nSPS) is 11.2. The molecule has 3 rings (SSSR count). The van der Waals surface area contributed by atoms with Gasteiger partial charge in [0.2, 0.25) is 0 Å². The summed E-state index contributed by atoms with van der Waals surface area (Å²) < 4.78 is 31.4. The van der Waals surface area contributed by atoms with Crippen LogP contribution in [0.2, 0.25) is 0 Å². The average Bonchev–Trinajstić information content (AvgIpc) is 2.76. The Hall–Kier alpha value is -1.91. The first-order valence-electron chi connectivity index (χ1n) is 5.81. The van der Waals surface area contributed by atoms with Gasteiger partial charge in [-0.3, -0.25) is 0 Å². The number of alkyl halides is 2. The number of fused-ring (bicyclic) bond motifs is 1. The number of hydrogen-bond acceptors (Lipinski definition) is 2. The molecule has 0 aliphatic rings. The fraction of sp³-hybridized carbons (Fsp3) is 0.0714. The molecule has 2 aromatic carbocycles. The van der Waals surface area contributed by atoms with Gasteiger partial charge in [0.25, 0.3) is 0 Å². The second kappa shape index (κ2) is 5.23. The number of aromatic nitrogens is 1. The van der Waals surface area contributed by atoms with E-state index in [0.29, 0.717) is 11.1 Å². The molecular weight excluding hydrogens is 331 g/mol. The van der Waals surface area contributed by atoms with Crippen molar-refractivity contribution in [3.63, 3.8) is 0 Å². The monoisotopic (exact) mass is 341 g/mol. The van der Waals surface area contributed by atoms with Crippen LogP contribution in [0.25, 0.3) is 15.3 Å². The molecule has 0 atom stereocenters. The van der Waals surface area contributed by atoms with Crippen molar-refractivity contribution in [2.75, 3.05) is 0 Å². The molecule has 3 aromatic rings. The van der Waals surface area contributed by atoms with Crippen LogP contribution in [-0.2, 0) is 0 Å². The van der Waals surface area contributed by atoms with E-state index < -0.39 is 6.61 Å². The molecule has 102 valence electrons. The Morgan fingerprint density at radius 1 is 1.10 bits per heavy atom. The van der Waals surface area contributed by atoms with Crippen LogP contribution in [-0.4, -0.2) is 24.9 Å². The zero-order valence-corrected chi connectivity index (χ0v) is 11.8. The molecule has 0 aliphatic carbocycles. The molecule has 0 amide bonds. The number of nitrogens with zero attached hydrogens (tertiary/aromatic N) is 1. The predicted octanol–water partition coefficient (Wildman–Crippen LogP) is 2.65. The Bertz CT molecular complexity index is 810. The molecular formula is C14H9F2NO2Se. The van der Waals surface area contributed by atoms with Crippen LogP contribution in [0.1, 0.15) is 0 Å². The molecule has 3 nitrogen and oxygen atoms in total. The quantitative estimate of drug-likeness (QED) is 0.687. The molecule has 0 fully saturated rings. The number of benzene rings is 2. The molecule has 20 heavy (non-hydrogen) atoms. The third-order valence-corrected chi connectivity index (χ3v) is 5.10. The van der Waals surface area contributed by atoms with Crippen LogP contribution in [0, 0.1) is 0 Å². The molecule has 1 aromatic heterocycles. The first-order chi connectivity index (χ1) is 9.65. The van der Waals surface area contributed by atoms with Gasteiger partial charge in [0.05, 0.1) is 0 Å². The van der Waals surface area contributed by atoms with Crippen LogP contribution >= 0.6 is 0 Å². The van der Waals surface area contributed by atoms with Crippen molar-refractivity contribution in [2.24, 2.45) is 0 Å². The van der Waals surface area contributed by atoms with Crippen molar-refractivity contribution in [1.82, 2.24) is 3.56 Å². The summed E-state index contributed by atoms with van der Waals surface area (Å²) in [4.78, 5) is 12.3. The number of halogens is 2. The van der Waals surface area contributed by atoms with Crippen molar-refractivity contribution in [3.8, 4) is 11.4 Å². The van der Waals surface area contributed by atoms with Gasteiger partial charge in [-0.15, -0.1) is 0 Å². The van der Waals surface area contributed by atoms with Crippen LogP contribution in [0.4, 0.5) is 8.78 Å². The minimum atomic E-state index is -2.87. The van der Waals surface area contributed by atoms with E-state index in [-0.39, 0.29) is 26.0 Å². The number of ether oxygens (including phenoxy) is 1. The summed E-state index contributed by atoms with van der Waals surface area (Å²) in [5, 5.41) is 0.674. The summed E-state index contributed by atoms with van der Waals surface area (Å²) >= 11 is -0.183. The van der Waals surface area contributed by atoms with Crippen molar-refractivity contribution in [3.05, 3.63) is 58.9 Å². The van der Waals surface area contributed by atoms with Gasteiger partial charge in [-0.05, 0) is 0 Å². The summed E-state index contributed by atoms with van der Waals surface area (Å²) in [6.07, 6.45) is 0. The molecule has 0 saturated carbocycles. The summed E-state index contributed by atoms with van der Waals surface area (Å²) in [6.45, 7) is -2.87. The topological polar surface area (TPSA) is 31.2 Å². The molecule has 6 heteroatoms. The van der Waals surface area contributed by atoms with E-state index in [0.717, 1.165) is 4.26 Å². The van der Waals surface area contributed by atoms with E-state index in [1.807, 2.05) is 18.2 Å². The van der Waals surface area contributed by atoms with Gasteiger partial charge in [0.1, 0.15) is 0 Å². The van der Waals surface area contributed by atoms with Gasteiger partial charge < -0.3 is 0 Å². The van der Waals surface area contributed by atoms with E-state index >= 15 is 0 Å². The van der Waals surface area contributed by atoms with Crippen LogP contribution in [0.3, 0.4) is 0 Å². The van der Waals surface area contributed by atoms with Crippen molar-refractivity contribution in [1.29, 1.82) is 0 Å². The van der Waals surface area contributed by atoms with E-state index in [4.69, 9.17) is 0 Å². The summed E-state index contributed by atoms with van der Waals surface area (Å²) in [5.41, 5.74) is 0.471. The molecule has 0 N–H and O–H groups in total. The standard InChI is InChI=1S/C14H9F2NO2Se/c15-14(16)19-10-5-3-4-9(8-10)17-13(18)11-6-1-2-7-12(11)20-17/h1-8,14H. The predicted molar refractivity (Wildman–Crippen MR) is 73.1 cm³/mol. The minimum absolute atomic E-state index is 0.0528. The zero-order chi connectivity index (χ0) is 14.1. The number of hydrogen-bond donors (Lipinski definition) is 0. The van der Waals surface area contributed by atoms with Crippen LogP contribution < -0.4 is 10.3 Å². The Kier molecular flexibility index (Phi) is 3.42. The first-order valence-corrected chi connectivity index (χ1v) is 7.44. The van der Waals surface area contributed by atoms with Crippen molar-refractivity contribution in [2.45, 2.75) is 6.61 Å². The van der Waals surface area contributed by atoms with Crippen molar-refractivity contribution >= 4 is 24.4 Å². The van der Waals surface area contributed by atoms with Crippen molar-refractivity contribution < 1.29 is 13.5 Å². The average molecular weight is 340 g/mol. The molecule has 0 bridgehead atoms. The van der Waals surface area contributed by atoms with E-state index in [2.05, 4.69) is 4.74 Å². The second-order valence-electron chi connectivity index (χ2n) is 4.06. The maximum atomic E-state index is 12.3. The summed E-state index contributed by atoms with van der Waals surface area (Å²) in [6, 6.07) is 13.6. The molecule has 0 radical (unpaired) electrons. The van der Waals surface area contributed by atoms with Gasteiger partial charge in [-0.2, -0.15) is 0 Å². The Balaban J connectivity index is 2.11. The van der Waals surface area contributed by atoms with Crippen LogP contribution in [0.5, 0.6) is 5.75 Å². The molecule has 0 unspecified atom stereocenters. The SMILES string of the molecule is O=c1c2ccccc2[se]n1-c1cccc(OC(F)F)c1. The summed E-state index contributed by atoms with van der Waals surface area (Å²) in [5.74, 6) is 0.0528. The molecule has 0 saturated heterocycles. The van der Waals surface area contributed by atoms with E-state index in [1.165, 1.54) is 12.1 Å². The zero-order valence-electron chi connectivity index (χ0n) is 10.1. The number of rotatable bonds is 3. The third kappa shape index (κ3) is 2.40. The maximum absolute atomic E-state index is 12.3. The molecule has 0 spiro atoms. The fourth-order valence-electron chi connectivity index (χ4n) is 1.93. The molecule has 0 aliphatic heterocycles. The molecule has 1 heterocycles. The fourth-order valence-corrected chi connectivity index (χ4v) is 4.01. The van der Waals surface area contributed by atoms with Gasteiger partial charge in [-0.25, -0.2) is 0 Å². The van der Waals surface area contributed by atoms with E-state index in [9.17, 15) is 13.6 Å².